The standard InChI is InChI=1S/C24H26N4/c1-3-4-5-7-10-20-15-22-17-24(21-11-8-6-9-12-21)26-28(22)23(16-20)18-27-19(2)13-14-25-27/h6-17H,3-5,18H2,1-2H3/b10-7+. The maximum Gasteiger partial charge on any atom is 0.0933 e. The van der Waals surface area contributed by atoms with E-state index in [4.69, 9.17) is 5.10 Å². The molecule has 0 fully saturated rings. The van der Waals surface area contributed by atoms with E-state index >= 15 is 0 Å². The molecule has 0 atom stereocenters. The molecule has 3 aromatic heterocycles. The molecule has 0 amide bonds. The lowest BCUT2D eigenvalue weighted by molar-refractivity contribution is 0.636. The minimum absolute atomic E-state index is 0.696. The van der Waals surface area contributed by atoms with Crippen molar-refractivity contribution in [2.45, 2.75) is 39.7 Å². The molecule has 0 bridgehead atoms. The Morgan fingerprint density at radius 1 is 1.04 bits per heavy atom. The highest BCUT2D eigenvalue weighted by atomic mass is 15.3. The van der Waals surface area contributed by atoms with E-state index in [0.717, 1.165) is 34.6 Å². The van der Waals surface area contributed by atoms with Crippen molar-refractivity contribution in [1.82, 2.24) is 19.4 Å². The second-order valence-corrected chi connectivity index (χ2v) is 7.19. The van der Waals surface area contributed by atoms with Crippen LogP contribution < -0.4 is 0 Å². The van der Waals surface area contributed by atoms with Crippen molar-refractivity contribution in [3.05, 3.63) is 83.8 Å². The molecular weight excluding hydrogens is 344 g/mol. The number of hydrogen-bond donors (Lipinski definition) is 0. The summed E-state index contributed by atoms with van der Waals surface area (Å²) in [6, 6.07) is 19.0. The third-order valence-corrected chi connectivity index (χ3v) is 5.00. The monoisotopic (exact) mass is 370 g/mol. The van der Waals surface area contributed by atoms with E-state index in [1.165, 1.54) is 18.4 Å². The van der Waals surface area contributed by atoms with Gasteiger partial charge in [0, 0.05) is 17.5 Å². The predicted molar refractivity (Wildman–Crippen MR) is 115 cm³/mol. The molecule has 0 aliphatic rings. The van der Waals surface area contributed by atoms with Crippen LogP contribution >= 0.6 is 0 Å². The summed E-state index contributed by atoms with van der Waals surface area (Å²) >= 11 is 0. The van der Waals surface area contributed by atoms with Gasteiger partial charge in [0.1, 0.15) is 0 Å². The average Bonchev–Trinajstić information content (AvgIpc) is 3.32. The third kappa shape index (κ3) is 3.91. The van der Waals surface area contributed by atoms with Crippen LogP contribution in [0.5, 0.6) is 0 Å². The molecule has 0 spiro atoms. The van der Waals surface area contributed by atoms with E-state index in [1.54, 1.807) is 0 Å². The molecule has 4 nitrogen and oxygen atoms in total. The molecular formula is C24H26N4. The van der Waals surface area contributed by atoms with Gasteiger partial charge in [0.2, 0.25) is 0 Å². The Kier molecular flexibility index (Phi) is 5.38. The van der Waals surface area contributed by atoms with Gasteiger partial charge in [0.05, 0.1) is 23.4 Å². The molecule has 0 aliphatic heterocycles. The number of pyridine rings is 1. The lowest BCUT2D eigenvalue weighted by atomic mass is 10.1. The minimum Gasteiger partial charge on any atom is -0.264 e. The topological polar surface area (TPSA) is 35.1 Å². The van der Waals surface area contributed by atoms with Gasteiger partial charge in [-0.2, -0.15) is 10.2 Å². The molecule has 0 saturated heterocycles. The Morgan fingerprint density at radius 2 is 1.89 bits per heavy atom. The number of benzene rings is 1. The molecule has 0 N–H and O–H groups in total. The molecule has 0 radical (unpaired) electrons. The van der Waals surface area contributed by atoms with Crippen molar-refractivity contribution in [2.24, 2.45) is 0 Å². The summed E-state index contributed by atoms with van der Waals surface area (Å²) in [6.07, 6.45) is 9.90. The molecule has 0 saturated carbocycles. The zero-order chi connectivity index (χ0) is 19.3. The maximum atomic E-state index is 4.90. The van der Waals surface area contributed by atoms with Crippen molar-refractivity contribution in [1.29, 1.82) is 0 Å². The lowest BCUT2D eigenvalue weighted by Crippen LogP contribution is -2.09. The summed E-state index contributed by atoms with van der Waals surface area (Å²) in [5, 5.41) is 9.35. The molecule has 0 unspecified atom stereocenters. The summed E-state index contributed by atoms with van der Waals surface area (Å²) < 4.78 is 4.07. The fourth-order valence-corrected chi connectivity index (χ4v) is 3.41. The first-order chi connectivity index (χ1) is 13.7. The summed E-state index contributed by atoms with van der Waals surface area (Å²) in [5.74, 6) is 0. The number of allylic oxidation sites excluding steroid dienone is 1. The first-order valence-corrected chi connectivity index (χ1v) is 9.97. The number of aromatic nitrogens is 4. The van der Waals surface area contributed by atoms with Crippen LogP contribution in [0.3, 0.4) is 0 Å². The zero-order valence-corrected chi connectivity index (χ0v) is 16.5. The highest BCUT2D eigenvalue weighted by Crippen LogP contribution is 2.23. The maximum absolute atomic E-state index is 4.90. The van der Waals surface area contributed by atoms with Crippen molar-refractivity contribution < 1.29 is 0 Å². The predicted octanol–water partition coefficient (Wildman–Crippen LogP) is 5.76. The molecule has 142 valence electrons. The van der Waals surface area contributed by atoms with E-state index in [2.05, 4.69) is 73.6 Å². The van der Waals surface area contributed by atoms with E-state index in [0.29, 0.717) is 6.54 Å². The van der Waals surface area contributed by atoms with E-state index in [1.807, 2.05) is 27.5 Å². The largest absolute Gasteiger partial charge is 0.264 e. The van der Waals surface area contributed by atoms with Crippen LogP contribution in [-0.4, -0.2) is 19.4 Å². The van der Waals surface area contributed by atoms with Crippen LogP contribution in [0.15, 0.2) is 66.9 Å². The fourth-order valence-electron chi connectivity index (χ4n) is 3.41. The van der Waals surface area contributed by atoms with Crippen LogP contribution in [0.25, 0.3) is 22.9 Å². The molecule has 0 aliphatic carbocycles. The molecule has 4 rings (SSSR count). The second kappa shape index (κ2) is 8.26. The third-order valence-electron chi connectivity index (χ3n) is 5.00. The first-order valence-electron chi connectivity index (χ1n) is 9.97. The second-order valence-electron chi connectivity index (χ2n) is 7.19. The Hall–Kier alpha value is -3.14. The van der Waals surface area contributed by atoms with E-state index in [9.17, 15) is 0 Å². The minimum atomic E-state index is 0.696. The van der Waals surface area contributed by atoms with E-state index in [-0.39, 0.29) is 0 Å². The summed E-state index contributed by atoms with van der Waals surface area (Å²) in [7, 11) is 0. The Labute approximate surface area is 166 Å². The first kappa shape index (κ1) is 18.2. The molecule has 1 aromatic carbocycles. The molecule has 4 heteroatoms. The SMILES string of the molecule is CCCC/C=C/c1cc(Cn2nccc2C)n2nc(-c3ccccc3)cc2c1. The van der Waals surface area contributed by atoms with Gasteiger partial charge in [0.25, 0.3) is 0 Å². The van der Waals surface area contributed by atoms with Gasteiger partial charge in [-0.3, -0.25) is 4.68 Å². The van der Waals surface area contributed by atoms with Crippen LogP contribution in [0.4, 0.5) is 0 Å². The quantitative estimate of drug-likeness (QED) is 0.388. The van der Waals surface area contributed by atoms with Crippen molar-refractivity contribution >= 4 is 11.6 Å². The normalized spacial score (nSPS) is 11.6. The van der Waals surface area contributed by atoms with Gasteiger partial charge >= 0.3 is 0 Å². The Morgan fingerprint density at radius 3 is 2.64 bits per heavy atom. The highest BCUT2D eigenvalue weighted by Gasteiger charge is 2.10. The number of rotatable bonds is 7. The van der Waals surface area contributed by atoms with Crippen molar-refractivity contribution in [3.8, 4) is 11.3 Å². The Bertz CT molecular complexity index is 1090. The number of nitrogens with zero attached hydrogens (tertiary/aromatic N) is 4. The Balaban J connectivity index is 1.77. The van der Waals surface area contributed by atoms with Gasteiger partial charge in [-0.25, -0.2) is 4.52 Å². The van der Waals surface area contributed by atoms with E-state index < -0.39 is 0 Å². The van der Waals surface area contributed by atoms with Crippen LogP contribution in [0, 0.1) is 6.92 Å². The summed E-state index contributed by atoms with van der Waals surface area (Å²) in [6.45, 7) is 5.00. The van der Waals surface area contributed by atoms with Crippen molar-refractivity contribution in [3.63, 3.8) is 0 Å². The van der Waals surface area contributed by atoms with Gasteiger partial charge in [0.15, 0.2) is 0 Å². The average molecular weight is 371 g/mol. The molecule has 28 heavy (non-hydrogen) atoms. The zero-order valence-electron chi connectivity index (χ0n) is 16.5. The fraction of sp³-hybridized carbons (Fsp3) is 0.250. The lowest BCUT2D eigenvalue weighted by Gasteiger charge is -2.09. The number of unbranched alkanes of at least 4 members (excludes halogenated alkanes) is 2. The number of hydrogen-bond acceptors (Lipinski definition) is 2. The molecule has 4 aromatic rings. The van der Waals surface area contributed by atoms with Crippen LogP contribution in [0.1, 0.15) is 43.1 Å². The van der Waals surface area contributed by atoms with Crippen LogP contribution in [0.2, 0.25) is 0 Å². The number of fused-ring (bicyclic) bond motifs is 1. The number of aryl methyl sites for hydroxylation is 1. The van der Waals surface area contributed by atoms with Crippen molar-refractivity contribution in [2.75, 3.05) is 0 Å². The summed E-state index contributed by atoms with van der Waals surface area (Å²) in [4.78, 5) is 0. The highest BCUT2D eigenvalue weighted by molar-refractivity contribution is 5.68. The molecule has 3 heterocycles. The van der Waals surface area contributed by atoms with Gasteiger partial charge in [-0.05, 0) is 43.2 Å². The van der Waals surface area contributed by atoms with Gasteiger partial charge in [-0.15, -0.1) is 0 Å². The smallest absolute Gasteiger partial charge is 0.0933 e. The summed E-state index contributed by atoms with van der Waals surface area (Å²) in [5.41, 5.74) is 6.71. The van der Waals surface area contributed by atoms with Gasteiger partial charge < -0.3 is 0 Å². The van der Waals surface area contributed by atoms with Crippen LogP contribution in [-0.2, 0) is 6.54 Å². The van der Waals surface area contributed by atoms with Gasteiger partial charge in [-0.1, -0.05) is 62.2 Å².